The first-order valence-corrected chi connectivity index (χ1v) is 7.27. The van der Waals surface area contributed by atoms with Crippen LogP contribution in [0.5, 0.6) is 11.5 Å². The normalized spacial score (nSPS) is 10.2. The van der Waals surface area contributed by atoms with E-state index in [1.807, 2.05) is 24.3 Å². The summed E-state index contributed by atoms with van der Waals surface area (Å²) in [6, 6.07) is 12.0. The van der Waals surface area contributed by atoms with E-state index in [9.17, 15) is 4.79 Å². The fourth-order valence-corrected chi connectivity index (χ4v) is 2.21. The Hall–Kier alpha value is -1.72. The molecular weight excluding hydrogens is 360 g/mol. The summed E-state index contributed by atoms with van der Waals surface area (Å²) in [5.74, 6) is 0.0841. The third-order valence-corrected chi connectivity index (χ3v) is 3.41. The molecule has 6 heteroatoms. The average molecular weight is 372 g/mol. The van der Waals surface area contributed by atoms with Crippen molar-refractivity contribution in [1.29, 1.82) is 0 Å². The zero-order chi connectivity index (χ0) is 15.2. The largest absolute Gasteiger partial charge is 0.490 e. The van der Waals surface area contributed by atoms with Gasteiger partial charge in [-0.2, -0.15) is 0 Å². The molecule has 0 atom stereocenters. The van der Waals surface area contributed by atoms with E-state index in [0.29, 0.717) is 19.0 Å². The summed E-state index contributed by atoms with van der Waals surface area (Å²) in [6.07, 6.45) is 0. The van der Waals surface area contributed by atoms with Gasteiger partial charge in [-0.3, -0.25) is 0 Å². The molecule has 1 N–H and O–H groups in total. The van der Waals surface area contributed by atoms with Gasteiger partial charge < -0.3 is 14.6 Å². The number of aromatic carboxylic acids is 1. The topological polar surface area (TPSA) is 55.8 Å². The molecule has 0 amide bonds. The molecule has 0 bridgehead atoms. The van der Waals surface area contributed by atoms with Gasteiger partial charge in [0.15, 0.2) is 0 Å². The van der Waals surface area contributed by atoms with E-state index in [4.69, 9.17) is 26.2 Å². The molecule has 2 aromatic carbocycles. The van der Waals surface area contributed by atoms with Crippen molar-refractivity contribution in [3.05, 3.63) is 57.5 Å². The highest BCUT2D eigenvalue weighted by atomic mass is 79.9. The SMILES string of the molecule is O=C(O)c1cc(OCCOc2cccc(Br)c2)ccc1Cl. The molecule has 4 nitrogen and oxygen atoms in total. The highest BCUT2D eigenvalue weighted by Crippen LogP contribution is 2.22. The van der Waals surface area contributed by atoms with Crippen LogP contribution < -0.4 is 9.47 Å². The zero-order valence-corrected chi connectivity index (χ0v) is 13.2. The van der Waals surface area contributed by atoms with Crippen molar-refractivity contribution >= 4 is 33.5 Å². The molecule has 110 valence electrons. The van der Waals surface area contributed by atoms with Gasteiger partial charge in [0.2, 0.25) is 0 Å². The van der Waals surface area contributed by atoms with Gasteiger partial charge >= 0.3 is 5.97 Å². The number of carboxylic acids is 1. The van der Waals surface area contributed by atoms with Gasteiger partial charge in [-0.15, -0.1) is 0 Å². The van der Waals surface area contributed by atoms with E-state index in [1.165, 1.54) is 12.1 Å². The number of carboxylic acid groups (broad SMARTS) is 1. The first-order valence-electron chi connectivity index (χ1n) is 6.10. The van der Waals surface area contributed by atoms with E-state index in [0.717, 1.165) is 10.2 Å². The van der Waals surface area contributed by atoms with E-state index < -0.39 is 5.97 Å². The fraction of sp³-hybridized carbons (Fsp3) is 0.133. The minimum Gasteiger partial charge on any atom is -0.490 e. The molecule has 0 aliphatic rings. The average Bonchev–Trinajstić information content (AvgIpc) is 2.45. The van der Waals surface area contributed by atoms with Crippen LogP contribution in [0.25, 0.3) is 0 Å². The third-order valence-electron chi connectivity index (χ3n) is 2.59. The summed E-state index contributed by atoms with van der Waals surface area (Å²) in [5.41, 5.74) is 0.0158. The van der Waals surface area contributed by atoms with Gasteiger partial charge in [0.25, 0.3) is 0 Å². The monoisotopic (exact) mass is 370 g/mol. The zero-order valence-electron chi connectivity index (χ0n) is 10.9. The van der Waals surface area contributed by atoms with Gasteiger partial charge in [0.05, 0.1) is 10.6 Å². The minimum atomic E-state index is -1.09. The van der Waals surface area contributed by atoms with Gasteiger partial charge in [0.1, 0.15) is 24.7 Å². The van der Waals surface area contributed by atoms with Gasteiger partial charge in [-0.25, -0.2) is 4.79 Å². The molecule has 2 aromatic rings. The lowest BCUT2D eigenvalue weighted by atomic mass is 10.2. The number of hydrogen-bond donors (Lipinski definition) is 1. The highest BCUT2D eigenvalue weighted by molar-refractivity contribution is 9.10. The maximum absolute atomic E-state index is 11.0. The van der Waals surface area contributed by atoms with Crippen molar-refractivity contribution in [3.63, 3.8) is 0 Å². The number of benzene rings is 2. The Morgan fingerprint density at radius 1 is 1.10 bits per heavy atom. The van der Waals surface area contributed by atoms with Crippen LogP contribution in [-0.4, -0.2) is 24.3 Å². The predicted molar refractivity (Wildman–Crippen MR) is 83.5 cm³/mol. The lowest BCUT2D eigenvalue weighted by molar-refractivity contribution is 0.0696. The van der Waals surface area contributed by atoms with Crippen molar-refractivity contribution in [1.82, 2.24) is 0 Å². The maximum Gasteiger partial charge on any atom is 0.337 e. The lowest BCUT2D eigenvalue weighted by Crippen LogP contribution is -2.09. The van der Waals surface area contributed by atoms with Crippen LogP contribution in [-0.2, 0) is 0 Å². The molecule has 0 saturated carbocycles. The molecule has 21 heavy (non-hydrogen) atoms. The second kappa shape index (κ2) is 7.33. The molecule has 0 radical (unpaired) electrons. The van der Waals surface area contributed by atoms with Crippen LogP contribution in [0, 0.1) is 0 Å². The third kappa shape index (κ3) is 4.65. The summed E-state index contributed by atoms with van der Waals surface area (Å²) >= 11 is 9.14. The summed E-state index contributed by atoms with van der Waals surface area (Å²) in [6.45, 7) is 0.648. The molecule has 0 aromatic heterocycles. The standard InChI is InChI=1S/C15H12BrClO4/c16-10-2-1-3-11(8-10)20-6-7-21-12-4-5-14(17)13(9-12)15(18)19/h1-5,8-9H,6-7H2,(H,18,19). The number of hydrogen-bond acceptors (Lipinski definition) is 3. The van der Waals surface area contributed by atoms with Crippen LogP contribution >= 0.6 is 27.5 Å². The van der Waals surface area contributed by atoms with Crippen LogP contribution in [0.4, 0.5) is 0 Å². The van der Waals surface area contributed by atoms with Gasteiger partial charge in [-0.1, -0.05) is 33.6 Å². The van der Waals surface area contributed by atoms with Crippen LogP contribution in [0.15, 0.2) is 46.9 Å². The van der Waals surface area contributed by atoms with Crippen LogP contribution in [0.1, 0.15) is 10.4 Å². The van der Waals surface area contributed by atoms with Crippen molar-refractivity contribution in [3.8, 4) is 11.5 Å². The Morgan fingerprint density at radius 2 is 1.76 bits per heavy atom. The van der Waals surface area contributed by atoms with Crippen molar-refractivity contribution in [2.75, 3.05) is 13.2 Å². The Bertz CT molecular complexity index is 645. The molecule has 0 spiro atoms. The quantitative estimate of drug-likeness (QED) is 0.771. The minimum absolute atomic E-state index is 0.0158. The van der Waals surface area contributed by atoms with E-state index >= 15 is 0 Å². The number of carbonyl (C=O) groups is 1. The highest BCUT2D eigenvalue weighted by Gasteiger charge is 2.09. The van der Waals surface area contributed by atoms with Crippen molar-refractivity contribution in [2.45, 2.75) is 0 Å². The predicted octanol–water partition coefficient (Wildman–Crippen LogP) is 4.26. The van der Waals surface area contributed by atoms with Crippen molar-refractivity contribution in [2.24, 2.45) is 0 Å². The second-order valence-corrected chi connectivity index (χ2v) is 5.42. The molecule has 0 unspecified atom stereocenters. The van der Waals surface area contributed by atoms with E-state index in [-0.39, 0.29) is 10.6 Å². The van der Waals surface area contributed by atoms with Gasteiger partial charge in [0, 0.05) is 4.47 Å². The number of halogens is 2. The molecule has 2 rings (SSSR count). The van der Waals surface area contributed by atoms with Crippen LogP contribution in [0.3, 0.4) is 0 Å². The smallest absolute Gasteiger partial charge is 0.337 e. The van der Waals surface area contributed by atoms with Crippen molar-refractivity contribution < 1.29 is 19.4 Å². The Balaban J connectivity index is 1.86. The molecule has 0 fully saturated rings. The first kappa shape index (κ1) is 15.7. The molecule has 0 aliphatic heterocycles. The molecular formula is C15H12BrClO4. The Kier molecular flexibility index (Phi) is 5.47. The maximum atomic E-state index is 11.0. The summed E-state index contributed by atoms with van der Waals surface area (Å²) in [4.78, 5) is 11.0. The number of rotatable bonds is 6. The molecule has 0 heterocycles. The second-order valence-electron chi connectivity index (χ2n) is 4.10. The molecule has 0 saturated heterocycles. The summed E-state index contributed by atoms with van der Waals surface area (Å²) in [5, 5.41) is 9.15. The number of ether oxygens (including phenoxy) is 2. The summed E-state index contributed by atoms with van der Waals surface area (Å²) in [7, 11) is 0. The van der Waals surface area contributed by atoms with E-state index in [1.54, 1.807) is 6.07 Å². The van der Waals surface area contributed by atoms with E-state index in [2.05, 4.69) is 15.9 Å². The van der Waals surface area contributed by atoms with Gasteiger partial charge in [-0.05, 0) is 36.4 Å². The van der Waals surface area contributed by atoms with Crippen LogP contribution in [0.2, 0.25) is 5.02 Å². The Morgan fingerprint density at radius 3 is 2.38 bits per heavy atom. The Labute approximate surface area is 135 Å². The summed E-state index contributed by atoms with van der Waals surface area (Å²) < 4.78 is 11.9. The first-order chi connectivity index (χ1) is 10.1. The molecule has 0 aliphatic carbocycles. The fourth-order valence-electron chi connectivity index (χ4n) is 1.63. The lowest BCUT2D eigenvalue weighted by Gasteiger charge is -2.09.